The van der Waals surface area contributed by atoms with Crippen LogP contribution >= 0.6 is 15.9 Å². The number of halogens is 3. The van der Waals surface area contributed by atoms with Gasteiger partial charge in [0, 0.05) is 16.1 Å². The Labute approximate surface area is 115 Å². The summed E-state index contributed by atoms with van der Waals surface area (Å²) in [5.74, 6) is -0.574. The normalized spacial score (nSPS) is 18.2. The van der Waals surface area contributed by atoms with Crippen molar-refractivity contribution < 1.29 is 8.78 Å². The minimum Gasteiger partial charge on any atom is -0.310 e. The summed E-state index contributed by atoms with van der Waals surface area (Å²) in [6.07, 6.45) is 4.41. The van der Waals surface area contributed by atoms with Gasteiger partial charge in [-0.15, -0.1) is 0 Å². The van der Waals surface area contributed by atoms with Crippen molar-refractivity contribution in [2.75, 3.05) is 6.54 Å². The minimum atomic E-state index is -0.459. The zero-order valence-electron chi connectivity index (χ0n) is 10.5. The molecule has 1 nitrogen and oxygen atoms in total. The second-order valence-corrected chi connectivity index (χ2v) is 5.78. The Balaban J connectivity index is 2.35. The Morgan fingerprint density at radius 3 is 2.33 bits per heavy atom. The summed E-state index contributed by atoms with van der Waals surface area (Å²) in [6.45, 7) is 2.69. The zero-order chi connectivity index (χ0) is 13.1. The van der Waals surface area contributed by atoms with Crippen molar-refractivity contribution in [2.45, 2.75) is 38.6 Å². The van der Waals surface area contributed by atoms with E-state index in [-0.39, 0.29) is 11.6 Å². The van der Waals surface area contributed by atoms with E-state index in [4.69, 9.17) is 0 Å². The average molecular weight is 318 g/mol. The lowest BCUT2D eigenvalue weighted by molar-refractivity contribution is 0.350. The fourth-order valence-electron chi connectivity index (χ4n) is 2.87. The number of benzene rings is 1. The molecule has 1 fully saturated rings. The van der Waals surface area contributed by atoms with Gasteiger partial charge >= 0.3 is 0 Å². The van der Waals surface area contributed by atoms with Gasteiger partial charge in [0.15, 0.2) is 0 Å². The van der Waals surface area contributed by atoms with E-state index in [0.29, 0.717) is 10.4 Å². The molecule has 1 atom stereocenters. The van der Waals surface area contributed by atoms with Crippen molar-refractivity contribution in [1.82, 2.24) is 5.32 Å². The van der Waals surface area contributed by atoms with Gasteiger partial charge in [-0.1, -0.05) is 35.7 Å². The highest BCUT2D eigenvalue weighted by Crippen LogP contribution is 2.38. The molecule has 0 aliphatic heterocycles. The van der Waals surface area contributed by atoms with Crippen molar-refractivity contribution >= 4 is 15.9 Å². The molecule has 0 aromatic heterocycles. The Kier molecular flexibility index (Phi) is 4.73. The van der Waals surface area contributed by atoms with Crippen molar-refractivity contribution in [3.63, 3.8) is 0 Å². The topological polar surface area (TPSA) is 12.0 Å². The monoisotopic (exact) mass is 317 g/mol. The van der Waals surface area contributed by atoms with Crippen LogP contribution in [0.1, 0.15) is 44.2 Å². The fourth-order valence-corrected chi connectivity index (χ4v) is 3.27. The molecule has 0 amide bonds. The van der Waals surface area contributed by atoms with Gasteiger partial charge in [0.05, 0.1) is 0 Å². The molecule has 18 heavy (non-hydrogen) atoms. The van der Waals surface area contributed by atoms with Gasteiger partial charge in [-0.05, 0) is 37.4 Å². The molecule has 1 aromatic carbocycles. The first-order valence-corrected chi connectivity index (χ1v) is 7.30. The lowest BCUT2D eigenvalue weighted by atomic mass is 9.91. The van der Waals surface area contributed by atoms with Crippen molar-refractivity contribution in [2.24, 2.45) is 5.92 Å². The quantitative estimate of drug-likeness (QED) is 0.857. The minimum absolute atomic E-state index is 0.201. The molecule has 1 saturated carbocycles. The molecule has 1 aliphatic rings. The number of rotatable bonds is 4. The summed E-state index contributed by atoms with van der Waals surface area (Å²) >= 11 is 3.12. The summed E-state index contributed by atoms with van der Waals surface area (Å²) in [5.41, 5.74) is 0.201. The van der Waals surface area contributed by atoms with Gasteiger partial charge in [-0.2, -0.15) is 0 Å². The van der Waals surface area contributed by atoms with Gasteiger partial charge < -0.3 is 5.32 Å². The van der Waals surface area contributed by atoms with E-state index >= 15 is 0 Å². The molecule has 0 saturated heterocycles. The van der Waals surface area contributed by atoms with Crippen LogP contribution < -0.4 is 5.32 Å². The maximum atomic E-state index is 14.0. The largest absolute Gasteiger partial charge is 0.310 e. The second-order valence-electron chi connectivity index (χ2n) is 4.86. The standard InChI is InChI=1S/C14H18BrF2N/c1-2-18-14(9-5-3-4-6-9)13-11(16)7-10(15)8-12(13)17/h7-9,14,18H,2-6H2,1H3. The molecule has 0 heterocycles. The molecule has 0 radical (unpaired) electrons. The smallest absolute Gasteiger partial charge is 0.132 e. The van der Waals surface area contributed by atoms with Crippen LogP contribution in [-0.4, -0.2) is 6.54 Å². The van der Waals surface area contributed by atoms with Gasteiger partial charge in [-0.3, -0.25) is 0 Å². The molecule has 1 aliphatic carbocycles. The molecule has 100 valence electrons. The van der Waals surface area contributed by atoms with E-state index < -0.39 is 11.6 Å². The first-order chi connectivity index (χ1) is 8.63. The molecule has 0 bridgehead atoms. The number of hydrogen-bond acceptors (Lipinski definition) is 1. The molecule has 0 spiro atoms. The van der Waals surface area contributed by atoms with E-state index in [1.807, 2.05) is 6.92 Å². The Bertz CT molecular complexity index is 393. The van der Waals surface area contributed by atoms with E-state index in [0.717, 1.165) is 32.2 Å². The molecular formula is C14H18BrF2N. The van der Waals surface area contributed by atoms with Crippen LogP contribution in [0, 0.1) is 17.6 Å². The van der Waals surface area contributed by atoms with Crippen molar-refractivity contribution in [3.8, 4) is 0 Å². The van der Waals surface area contributed by atoms with Gasteiger partial charge in [-0.25, -0.2) is 8.78 Å². The Morgan fingerprint density at radius 2 is 1.83 bits per heavy atom. The van der Waals surface area contributed by atoms with Crippen LogP contribution in [0.4, 0.5) is 8.78 Å². The van der Waals surface area contributed by atoms with Crippen molar-refractivity contribution in [1.29, 1.82) is 0 Å². The molecule has 1 unspecified atom stereocenters. The van der Waals surface area contributed by atoms with E-state index in [9.17, 15) is 8.78 Å². The predicted molar refractivity (Wildman–Crippen MR) is 72.4 cm³/mol. The Hall–Kier alpha value is -0.480. The SMILES string of the molecule is CCNC(c1c(F)cc(Br)cc1F)C1CCCC1. The van der Waals surface area contributed by atoms with E-state index in [2.05, 4.69) is 21.2 Å². The second kappa shape index (κ2) is 6.11. The number of nitrogens with one attached hydrogen (secondary N) is 1. The third-order valence-electron chi connectivity index (χ3n) is 3.65. The third-order valence-corrected chi connectivity index (χ3v) is 4.11. The highest BCUT2D eigenvalue weighted by molar-refractivity contribution is 9.10. The van der Waals surface area contributed by atoms with Crippen LogP contribution in [-0.2, 0) is 0 Å². The van der Waals surface area contributed by atoms with Crippen molar-refractivity contribution in [3.05, 3.63) is 33.8 Å². The average Bonchev–Trinajstić information content (AvgIpc) is 2.79. The predicted octanol–water partition coefficient (Wildman–Crippen LogP) is 4.57. The molecule has 2 rings (SSSR count). The lowest BCUT2D eigenvalue weighted by Crippen LogP contribution is -2.28. The van der Waals surface area contributed by atoms with E-state index in [1.165, 1.54) is 12.1 Å². The summed E-state index contributed by atoms with van der Waals surface area (Å²) in [7, 11) is 0. The fraction of sp³-hybridized carbons (Fsp3) is 0.571. The molecule has 1 aromatic rings. The van der Waals surface area contributed by atoms with Crippen LogP contribution in [0.3, 0.4) is 0 Å². The van der Waals surface area contributed by atoms with Crippen LogP contribution in [0.25, 0.3) is 0 Å². The summed E-state index contributed by atoms with van der Waals surface area (Å²) in [6, 6.07) is 2.49. The highest BCUT2D eigenvalue weighted by atomic mass is 79.9. The molecule has 4 heteroatoms. The van der Waals surface area contributed by atoms with Gasteiger partial charge in [0.1, 0.15) is 11.6 Å². The van der Waals surface area contributed by atoms with Gasteiger partial charge in [0.2, 0.25) is 0 Å². The first-order valence-electron chi connectivity index (χ1n) is 6.51. The summed E-state index contributed by atoms with van der Waals surface area (Å²) in [4.78, 5) is 0. The summed E-state index contributed by atoms with van der Waals surface area (Å²) in [5, 5.41) is 3.25. The lowest BCUT2D eigenvalue weighted by Gasteiger charge is -2.25. The first kappa shape index (κ1) is 13.9. The third kappa shape index (κ3) is 2.91. The molecule has 1 N–H and O–H groups in total. The maximum Gasteiger partial charge on any atom is 0.132 e. The molecular weight excluding hydrogens is 300 g/mol. The Morgan fingerprint density at radius 1 is 1.28 bits per heavy atom. The van der Waals surface area contributed by atoms with Crippen LogP contribution in [0.5, 0.6) is 0 Å². The van der Waals surface area contributed by atoms with E-state index in [1.54, 1.807) is 0 Å². The van der Waals surface area contributed by atoms with Crippen LogP contribution in [0.2, 0.25) is 0 Å². The van der Waals surface area contributed by atoms with Crippen LogP contribution in [0.15, 0.2) is 16.6 Å². The highest BCUT2D eigenvalue weighted by Gasteiger charge is 2.30. The maximum absolute atomic E-state index is 14.0. The number of hydrogen-bond donors (Lipinski definition) is 1. The van der Waals surface area contributed by atoms with Gasteiger partial charge in [0.25, 0.3) is 0 Å². The zero-order valence-corrected chi connectivity index (χ0v) is 12.1. The summed E-state index contributed by atoms with van der Waals surface area (Å²) < 4.78 is 28.5.